The molecule has 0 aliphatic rings. The van der Waals surface area contributed by atoms with Gasteiger partial charge in [0.15, 0.2) is 0 Å². The normalized spacial score (nSPS) is 10.2. The van der Waals surface area contributed by atoms with Crippen LogP contribution in [-0.2, 0) is 14.3 Å². The van der Waals surface area contributed by atoms with Gasteiger partial charge in [-0.25, -0.2) is 4.79 Å². The van der Waals surface area contributed by atoms with Crippen LogP contribution in [0.4, 0.5) is 11.4 Å². The minimum absolute atomic E-state index is 0.206. The Bertz CT molecular complexity index is 839. The summed E-state index contributed by atoms with van der Waals surface area (Å²) in [6, 6.07) is 13.6. The maximum Gasteiger partial charge on any atom is 0.337 e. The summed E-state index contributed by atoms with van der Waals surface area (Å²) in [5, 5.41) is 0.258. The number of carbonyl (C=O) groups is 3. The van der Waals surface area contributed by atoms with Gasteiger partial charge in [0.05, 0.1) is 23.4 Å². The number of likely N-dealkylation sites (N-methyl/N-ethyl adjacent to an activating group) is 1. The van der Waals surface area contributed by atoms with Gasteiger partial charge >= 0.3 is 5.97 Å². The fourth-order valence-corrected chi connectivity index (χ4v) is 2.88. The minimum atomic E-state index is -0.554. The van der Waals surface area contributed by atoms with Crippen LogP contribution in [-0.4, -0.2) is 38.0 Å². The summed E-state index contributed by atoms with van der Waals surface area (Å²) in [6.45, 7) is 3.44. The van der Waals surface area contributed by atoms with E-state index in [2.05, 4.69) is 0 Å². The molecule has 0 aliphatic carbocycles. The summed E-state index contributed by atoms with van der Waals surface area (Å²) >= 11 is 6.23. The van der Waals surface area contributed by atoms with E-state index in [4.69, 9.17) is 16.3 Å². The van der Waals surface area contributed by atoms with Crippen molar-refractivity contribution in [2.24, 2.45) is 0 Å². The molecule has 2 rings (SSSR count). The first-order valence-corrected chi connectivity index (χ1v) is 8.78. The standard InChI is InChI=1S/C20H21ClN2O4/c1-4-22(16-8-6-5-7-9-16)19(25)13-23(14(2)24)18-12-15(20(26)27-3)10-11-17(18)21/h5-12H,4,13H2,1-3H3. The van der Waals surface area contributed by atoms with Crippen molar-refractivity contribution in [3.63, 3.8) is 0 Å². The molecule has 0 saturated heterocycles. The molecule has 2 aromatic carbocycles. The van der Waals surface area contributed by atoms with Crippen molar-refractivity contribution in [2.45, 2.75) is 13.8 Å². The molecule has 6 nitrogen and oxygen atoms in total. The van der Waals surface area contributed by atoms with Gasteiger partial charge in [0.1, 0.15) is 6.54 Å². The zero-order valence-electron chi connectivity index (χ0n) is 15.4. The largest absolute Gasteiger partial charge is 0.465 e. The van der Waals surface area contributed by atoms with E-state index in [1.165, 1.54) is 37.1 Å². The number of benzene rings is 2. The lowest BCUT2D eigenvalue weighted by atomic mass is 10.1. The molecule has 0 atom stereocenters. The Morgan fingerprint density at radius 2 is 1.70 bits per heavy atom. The van der Waals surface area contributed by atoms with E-state index >= 15 is 0 Å². The number of hydrogen-bond donors (Lipinski definition) is 0. The quantitative estimate of drug-likeness (QED) is 0.710. The van der Waals surface area contributed by atoms with E-state index in [1.807, 2.05) is 37.3 Å². The van der Waals surface area contributed by atoms with Crippen LogP contribution < -0.4 is 9.80 Å². The highest BCUT2D eigenvalue weighted by Gasteiger charge is 2.23. The van der Waals surface area contributed by atoms with Crippen molar-refractivity contribution in [1.29, 1.82) is 0 Å². The van der Waals surface area contributed by atoms with Gasteiger partial charge in [-0.15, -0.1) is 0 Å². The summed E-state index contributed by atoms with van der Waals surface area (Å²) in [7, 11) is 1.27. The molecule has 0 saturated carbocycles. The molecule has 2 aromatic rings. The van der Waals surface area contributed by atoms with Crippen LogP contribution in [0.15, 0.2) is 48.5 Å². The number of rotatable bonds is 6. The summed E-state index contributed by atoms with van der Waals surface area (Å²) in [5.41, 5.74) is 1.26. The minimum Gasteiger partial charge on any atom is -0.465 e. The third kappa shape index (κ3) is 4.86. The monoisotopic (exact) mass is 388 g/mol. The van der Waals surface area contributed by atoms with Gasteiger partial charge in [-0.1, -0.05) is 29.8 Å². The Kier molecular flexibility index (Phi) is 6.96. The van der Waals surface area contributed by atoms with Gasteiger partial charge in [-0.05, 0) is 37.3 Å². The van der Waals surface area contributed by atoms with Crippen LogP contribution in [0.3, 0.4) is 0 Å². The maximum atomic E-state index is 12.8. The highest BCUT2D eigenvalue weighted by Crippen LogP contribution is 2.28. The smallest absolute Gasteiger partial charge is 0.337 e. The molecule has 0 fully saturated rings. The number of esters is 1. The highest BCUT2D eigenvalue weighted by atomic mass is 35.5. The van der Waals surface area contributed by atoms with Crippen molar-refractivity contribution in [3.05, 3.63) is 59.1 Å². The molecule has 7 heteroatoms. The number of hydrogen-bond acceptors (Lipinski definition) is 4. The second kappa shape index (κ2) is 9.19. The van der Waals surface area contributed by atoms with Crippen LogP contribution >= 0.6 is 11.6 Å². The van der Waals surface area contributed by atoms with E-state index in [-0.39, 0.29) is 34.6 Å². The second-order valence-corrected chi connectivity index (χ2v) is 6.14. The van der Waals surface area contributed by atoms with Crippen LogP contribution in [0.5, 0.6) is 0 Å². The van der Waals surface area contributed by atoms with Crippen molar-refractivity contribution < 1.29 is 19.1 Å². The van der Waals surface area contributed by atoms with E-state index in [0.29, 0.717) is 6.54 Å². The van der Waals surface area contributed by atoms with Crippen LogP contribution in [0.2, 0.25) is 5.02 Å². The summed E-state index contributed by atoms with van der Waals surface area (Å²) in [5.74, 6) is -1.18. The lowest BCUT2D eigenvalue weighted by molar-refractivity contribution is -0.121. The fraction of sp³-hybridized carbons (Fsp3) is 0.250. The molecule has 0 heterocycles. The van der Waals surface area contributed by atoms with Crippen molar-refractivity contribution in [2.75, 3.05) is 30.0 Å². The third-order valence-electron chi connectivity index (χ3n) is 4.02. The summed E-state index contributed by atoms with van der Waals surface area (Å²) in [4.78, 5) is 39.7. The second-order valence-electron chi connectivity index (χ2n) is 5.74. The zero-order valence-corrected chi connectivity index (χ0v) is 16.2. The Labute approximate surface area is 163 Å². The molecule has 0 aromatic heterocycles. The molecule has 0 spiro atoms. The molecule has 142 valence electrons. The number of ether oxygens (including phenoxy) is 1. The number of methoxy groups -OCH3 is 1. The molecular weight excluding hydrogens is 368 g/mol. The van der Waals surface area contributed by atoms with Crippen LogP contribution in [0.1, 0.15) is 24.2 Å². The van der Waals surface area contributed by atoms with Gasteiger partial charge in [0.2, 0.25) is 11.8 Å². The Hall–Kier alpha value is -2.86. The van der Waals surface area contributed by atoms with Gasteiger partial charge in [0.25, 0.3) is 0 Å². The maximum absolute atomic E-state index is 12.8. The lowest BCUT2D eigenvalue weighted by Gasteiger charge is -2.27. The number of para-hydroxylation sites is 1. The average Bonchev–Trinajstić information content (AvgIpc) is 2.67. The molecule has 0 radical (unpaired) electrons. The van der Waals surface area contributed by atoms with E-state index in [9.17, 15) is 14.4 Å². The third-order valence-corrected chi connectivity index (χ3v) is 4.34. The first-order chi connectivity index (χ1) is 12.9. The topological polar surface area (TPSA) is 66.9 Å². The van der Waals surface area contributed by atoms with E-state index in [0.717, 1.165) is 5.69 Å². The van der Waals surface area contributed by atoms with E-state index < -0.39 is 5.97 Å². The molecule has 0 unspecified atom stereocenters. The lowest BCUT2D eigenvalue weighted by Crippen LogP contribution is -2.42. The zero-order chi connectivity index (χ0) is 20.0. The number of anilines is 2. The molecule has 2 amide bonds. The van der Waals surface area contributed by atoms with Gasteiger partial charge < -0.3 is 14.5 Å². The number of nitrogens with zero attached hydrogens (tertiary/aromatic N) is 2. The predicted octanol–water partition coefficient (Wildman–Crippen LogP) is 3.53. The molecule has 0 N–H and O–H groups in total. The Morgan fingerprint density at radius 3 is 2.26 bits per heavy atom. The van der Waals surface area contributed by atoms with Crippen LogP contribution in [0, 0.1) is 0 Å². The number of amides is 2. The molecule has 0 bridgehead atoms. The summed E-state index contributed by atoms with van der Waals surface area (Å²) < 4.78 is 4.71. The highest BCUT2D eigenvalue weighted by molar-refractivity contribution is 6.34. The Morgan fingerprint density at radius 1 is 1.04 bits per heavy atom. The van der Waals surface area contributed by atoms with E-state index in [1.54, 1.807) is 4.90 Å². The molecular formula is C20H21ClN2O4. The summed E-state index contributed by atoms with van der Waals surface area (Å²) in [6.07, 6.45) is 0. The fourth-order valence-electron chi connectivity index (χ4n) is 2.66. The van der Waals surface area contributed by atoms with Crippen molar-refractivity contribution in [1.82, 2.24) is 0 Å². The SMILES string of the molecule is CCN(C(=O)CN(C(C)=O)c1cc(C(=O)OC)ccc1Cl)c1ccccc1. The molecule has 0 aliphatic heterocycles. The Balaban J connectivity index is 2.34. The number of carbonyl (C=O) groups excluding carboxylic acids is 3. The van der Waals surface area contributed by atoms with Crippen molar-refractivity contribution in [3.8, 4) is 0 Å². The first kappa shape index (κ1) is 20.5. The average molecular weight is 389 g/mol. The predicted molar refractivity (Wildman–Crippen MR) is 105 cm³/mol. The van der Waals surface area contributed by atoms with Gasteiger partial charge in [-0.3, -0.25) is 9.59 Å². The van der Waals surface area contributed by atoms with Gasteiger partial charge in [0, 0.05) is 19.2 Å². The first-order valence-electron chi connectivity index (χ1n) is 8.40. The van der Waals surface area contributed by atoms with Gasteiger partial charge in [-0.2, -0.15) is 0 Å². The molecule has 27 heavy (non-hydrogen) atoms. The number of halogens is 1. The van der Waals surface area contributed by atoms with Crippen molar-refractivity contribution >= 4 is 40.8 Å². The van der Waals surface area contributed by atoms with Crippen LogP contribution in [0.25, 0.3) is 0 Å².